The average Bonchev–Trinajstić information content (AvgIpc) is 3.24. The van der Waals surface area contributed by atoms with E-state index in [-0.39, 0.29) is 10.6 Å². The van der Waals surface area contributed by atoms with Gasteiger partial charge in [-0.3, -0.25) is 10.1 Å². The molecule has 0 unspecified atom stereocenters. The number of anilines is 2. The van der Waals surface area contributed by atoms with E-state index in [9.17, 15) is 10.1 Å². The third-order valence-electron chi connectivity index (χ3n) is 5.51. The molecule has 156 valence electrons. The van der Waals surface area contributed by atoms with Crippen LogP contribution < -0.4 is 9.80 Å². The van der Waals surface area contributed by atoms with Crippen LogP contribution in [0.4, 0.5) is 17.2 Å². The van der Waals surface area contributed by atoms with Gasteiger partial charge in [-0.05, 0) is 42.0 Å². The summed E-state index contributed by atoms with van der Waals surface area (Å²) >= 11 is 7.58. The van der Waals surface area contributed by atoms with E-state index >= 15 is 0 Å². The summed E-state index contributed by atoms with van der Waals surface area (Å²) in [5.41, 5.74) is 3.18. The molecule has 0 aliphatic carbocycles. The minimum Gasteiger partial charge on any atom is -0.368 e. The van der Waals surface area contributed by atoms with Gasteiger partial charge in [-0.1, -0.05) is 11.6 Å². The van der Waals surface area contributed by atoms with Crippen LogP contribution in [0.1, 0.15) is 0 Å². The third kappa shape index (κ3) is 3.80. The Balaban J connectivity index is 1.43. The molecule has 9 heteroatoms. The highest BCUT2D eigenvalue weighted by molar-refractivity contribution is 7.17. The lowest BCUT2D eigenvalue weighted by atomic mass is 10.1. The van der Waals surface area contributed by atoms with Gasteiger partial charge in [0.15, 0.2) is 0 Å². The number of thiophene rings is 1. The lowest BCUT2D eigenvalue weighted by molar-refractivity contribution is -0.384. The van der Waals surface area contributed by atoms with Crippen LogP contribution in [-0.4, -0.2) is 41.1 Å². The Kier molecular flexibility index (Phi) is 5.17. The van der Waals surface area contributed by atoms with Gasteiger partial charge >= 0.3 is 0 Å². The van der Waals surface area contributed by atoms with Crippen molar-refractivity contribution in [1.82, 2.24) is 9.97 Å². The summed E-state index contributed by atoms with van der Waals surface area (Å²) in [5.74, 6) is 0.912. The van der Waals surface area contributed by atoms with Gasteiger partial charge in [0.05, 0.1) is 10.3 Å². The van der Waals surface area contributed by atoms with Gasteiger partial charge in [0.1, 0.15) is 17.0 Å². The van der Waals surface area contributed by atoms with Crippen molar-refractivity contribution in [2.45, 2.75) is 0 Å². The monoisotopic (exact) mass is 451 g/mol. The van der Waals surface area contributed by atoms with Crippen LogP contribution in [0.15, 0.2) is 60.2 Å². The van der Waals surface area contributed by atoms with Crippen molar-refractivity contribution in [3.05, 3.63) is 75.4 Å². The number of non-ortho nitro benzene ring substituents is 1. The molecule has 5 rings (SSSR count). The largest absolute Gasteiger partial charge is 0.368 e. The molecule has 0 N–H and O–H groups in total. The van der Waals surface area contributed by atoms with Gasteiger partial charge < -0.3 is 9.80 Å². The number of hydrogen-bond donors (Lipinski definition) is 0. The van der Waals surface area contributed by atoms with E-state index in [4.69, 9.17) is 11.6 Å². The second-order valence-corrected chi connectivity index (χ2v) is 8.58. The van der Waals surface area contributed by atoms with E-state index < -0.39 is 0 Å². The molecule has 1 aliphatic rings. The maximum Gasteiger partial charge on any atom is 0.269 e. The Morgan fingerprint density at radius 3 is 2.29 bits per heavy atom. The highest BCUT2D eigenvalue weighted by atomic mass is 35.5. The number of rotatable bonds is 4. The average molecular weight is 452 g/mol. The maximum absolute atomic E-state index is 11.0. The van der Waals surface area contributed by atoms with Gasteiger partial charge in [0.25, 0.3) is 5.69 Å². The minimum atomic E-state index is -0.385. The highest BCUT2D eigenvalue weighted by Crippen LogP contribution is 2.38. The predicted octanol–water partition coefficient (Wildman–Crippen LogP) is 5.25. The molecule has 0 amide bonds. The zero-order valence-electron chi connectivity index (χ0n) is 16.4. The van der Waals surface area contributed by atoms with Crippen molar-refractivity contribution in [3.8, 4) is 11.1 Å². The first-order chi connectivity index (χ1) is 15.1. The van der Waals surface area contributed by atoms with Gasteiger partial charge in [-0.15, -0.1) is 11.3 Å². The summed E-state index contributed by atoms with van der Waals surface area (Å²) in [7, 11) is 0. The molecule has 4 aromatic rings. The van der Waals surface area contributed by atoms with Gasteiger partial charge in [-0.2, -0.15) is 0 Å². The van der Waals surface area contributed by atoms with Crippen molar-refractivity contribution < 1.29 is 4.92 Å². The van der Waals surface area contributed by atoms with E-state index in [2.05, 4.69) is 19.8 Å². The summed E-state index contributed by atoms with van der Waals surface area (Å²) in [5, 5.41) is 14.8. The molecule has 31 heavy (non-hydrogen) atoms. The summed E-state index contributed by atoms with van der Waals surface area (Å²) in [4.78, 5) is 25.2. The van der Waals surface area contributed by atoms with Crippen LogP contribution in [0.25, 0.3) is 21.3 Å². The van der Waals surface area contributed by atoms with Crippen LogP contribution in [-0.2, 0) is 0 Å². The quantitative estimate of drug-likeness (QED) is 0.311. The highest BCUT2D eigenvalue weighted by Gasteiger charge is 2.23. The number of nitro groups is 1. The van der Waals surface area contributed by atoms with Crippen molar-refractivity contribution in [1.29, 1.82) is 0 Å². The smallest absolute Gasteiger partial charge is 0.269 e. The number of fused-ring (bicyclic) bond motifs is 1. The second-order valence-electron chi connectivity index (χ2n) is 7.28. The fourth-order valence-corrected chi connectivity index (χ4v) is 4.94. The predicted molar refractivity (Wildman–Crippen MR) is 125 cm³/mol. The lowest BCUT2D eigenvalue weighted by Gasteiger charge is -2.37. The van der Waals surface area contributed by atoms with E-state index in [1.54, 1.807) is 29.8 Å². The first-order valence-corrected chi connectivity index (χ1v) is 11.1. The van der Waals surface area contributed by atoms with Crippen LogP contribution >= 0.6 is 22.9 Å². The van der Waals surface area contributed by atoms with Crippen LogP contribution in [0.2, 0.25) is 5.02 Å². The van der Waals surface area contributed by atoms with Crippen molar-refractivity contribution in [2.75, 3.05) is 36.0 Å². The molecule has 1 saturated heterocycles. The van der Waals surface area contributed by atoms with E-state index in [0.717, 1.165) is 58.4 Å². The molecule has 0 bridgehead atoms. The van der Waals surface area contributed by atoms with Crippen molar-refractivity contribution in [2.24, 2.45) is 0 Å². The Morgan fingerprint density at radius 1 is 0.935 bits per heavy atom. The van der Waals surface area contributed by atoms with Gasteiger partial charge in [0.2, 0.25) is 0 Å². The summed E-state index contributed by atoms with van der Waals surface area (Å²) < 4.78 is 0. The molecular formula is C22H18ClN5O2S. The standard InChI is InChI=1S/C22H18ClN5O2S/c23-16-3-7-17(8-4-16)26-9-11-27(12-10-26)21-20-19(13-31-22(20)25-14-24-21)15-1-5-18(6-2-15)28(29)30/h1-8,13-14H,9-12H2. The maximum atomic E-state index is 11.0. The van der Waals surface area contributed by atoms with Crippen molar-refractivity contribution in [3.63, 3.8) is 0 Å². The van der Waals surface area contributed by atoms with Crippen LogP contribution in [0, 0.1) is 10.1 Å². The first kappa shape index (κ1) is 19.7. The molecule has 2 aromatic carbocycles. The van der Waals surface area contributed by atoms with Crippen LogP contribution in [0.5, 0.6) is 0 Å². The number of hydrogen-bond acceptors (Lipinski definition) is 7. The Hall–Kier alpha value is -3.23. The molecule has 3 heterocycles. The molecule has 0 spiro atoms. The number of nitrogens with zero attached hydrogens (tertiary/aromatic N) is 5. The first-order valence-electron chi connectivity index (χ1n) is 9.82. The SMILES string of the molecule is O=[N+]([O-])c1ccc(-c2csc3ncnc(N4CCN(c5ccc(Cl)cc5)CC4)c23)cc1. The molecular weight excluding hydrogens is 434 g/mol. The van der Waals surface area contributed by atoms with E-state index in [0.29, 0.717) is 0 Å². The molecule has 0 radical (unpaired) electrons. The minimum absolute atomic E-state index is 0.0816. The molecule has 0 saturated carbocycles. The van der Waals surface area contributed by atoms with E-state index in [1.165, 1.54) is 17.8 Å². The molecule has 0 atom stereocenters. The zero-order valence-corrected chi connectivity index (χ0v) is 18.0. The second kappa shape index (κ2) is 8.13. The van der Waals surface area contributed by atoms with Crippen molar-refractivity contribution >= 4 is 50.3 Å². The Bertz CT molecular complexity index is 1240. The fourth-order valence-electron chi connectivity index (χ4n) is 3.90. The number of piperazine rings is 1. The fraction of sp³-hybridized carbons (Fsp3) is 0.182. The molecule has 1 aliphatic heterocycles. The van der Waals surface area contributed by atoms with Crippen LogP contribution in [0.3, 0.4) is 0 Å². The Morgan fingerprint density at radius 2 is 1.61 bits per heavy atom. The normalized spacial score (nSPS) is 14.2. The van der Waals surface area contributed by atoms with E-state index in [1.807, 2.05) is 29.6 Å². The van der Waals surface area contributed by atoms with Gasteiger partial charge in [-0.25, -0.2) is 9.97 Å². The lowest BCUT2D eigenvalue weighted by Crippen LogP contribution is -2.46. The Labute approximate surface area is 187 Å². The molecule has 7 nitrogen and oxygen atoms in total. The number of halogens is 1. The summed E-state index contributed by atoms with van der Waals surface area (Å²) in [6.45, 7) is 3.43. The van der Waals surface area contributed by atoms with Gasteiger partial charge in [0, 0.05) is 60.0 Å². The number of aromatic nitrogens is 2. The summed E-state index contributed by atoms with van der Waals surface area (Å²) in [6, 6.07) is 14.6. The number of benzene rings is 2. The summed E-state index contributed by atoms with van der Waals surface area (Å²) in [6.07, 6.45) is 1.61. The third-order valence-corrected chi connectivity index (χ3v) is 6.65. The number of nitro benzene ring substituents is 1. The topological polar surface area (TPSA) is 75.4 Å². The molecule has 1 fully saturated rings. The molecule has 2 aromatic heterocycles. The zero-order chi connectivity index (χ0) is 21.4.